The largest absolute Gasteiger partial charge is 0.481 e. The molecule has 0 bridgehead atoms. The number of aryl methyl sites for hydroxylation is 1. The Morgan fingerprint density at radius 1 is 1.03 bits per heavy atom. The molecule has 8 nitrogen and oxygen atoms in total. The fourth-order valence-electron chi connectivity index (χ4n) is 3.00. The minimum atomic E-state index is -0.515. The maximum atomic E-state index is 13.2. The number of nitrogens with one attached hydrogen (secondary N) is 1. The fraction of sp³-hybridized carbons (Fsp3) is 0.0870. The number of rotatable bonds is 6. The maximum Gasteiger partial charge on any atom is 0.268 e. The zero-order valence-corrected chi connectivity index (χ0v) is 18.2. The van der Waals surface area contributed by atoms with Gasteiger partial charge in [-0.3, -0.25) is 14.2 Å². The summed E-state index contributed by atoms with van der Waals surface area (Å²) >= 11 is 1.32. The van der Waals surface area contributed by atoms with Crippen LogP contribution in [0.5, 0.6) is 5.88 Å². The molecule has 0 unspecified atom stereocenters. The van der Waals surface area contributed by atoms with Crippen LogP contribution in [0.25, 0.3) is 5.69 Å². The monoisotopic (exact) mass is 445 g/mol. The summed E-state index contributed by atoms with van der Waals surface area (Å²) in [5, 5.41) is 4.15. The molecule has 0 aromatic carbocycles. The van der Waals surface area contributed by atoms with Crippen molar-refractivity contribution in [3.8, 4) is 11.6 Å². The lowest BCUT2D eigenvalue weighted by atomic mass is 10.1. The van der Waals surface area contributed by atoms with Gasteiger partial charge in [0, 0.05) is 24.7 Å². The Hall–Kier alpha value is -3.98. The molecule has 0 fully saturated rings. The van der Waals surface area contributed by atoms with Gasteiger partial charge in [0.05, 0.1) is 24.7 Å². The second-order valence-electron chi connectivity index (χ2n) is 6.69. The Kier molecular flexibility index (Phi) is 6.27. The third-order valence-electron chi connectivity index (χ3n) is 4.59. The van der Waals surface area contributed by atoms with Crippen molar-refractivity contribution in [3.05, 3.63) is 94.8 Å². The Morgan fingerprint density at radius 3 is 2.59 bits per heavy atom. The van der Waals surface area contributed by atoms with Crippen LogP contribution in [0.15, 0.2) is 88.2 Å². The Labute approximate surface area is 188 Å². The zero-order chi connectivity index (χ0) is 22.5. The van der Waals surface area contributed by atoms with Crippen LogP contribution in [-0.2, 0) is 0 Å². The molecular formula is C23H19N5O3S. The van der Waals surface area contributed by atoms with Gasteiger partial charge in [-0.25, -0.2) is 15.0 Å². The number of hydrogen-bond donors (Lipinski definition) is 1. The minimum absolute atomic E-state index is 0.0426. The van der Waals surface area contributed by atoms with Gasteiger partial charge in [-0.15, -0.1) is 0 Å². The molecule has 4 aromatic heterocycles. The summed E-state index contributed by atoms with van der Waals surface area (Å²) in [4.78, 5) is 39.1. The van der Waals surface area contributed by atoms with E-state index in [2.05, 4.69) is 20.3 Å². The van der Waals surface area contributed by atoms with Gasteiger partial charge in [0.1, 0.15) is 15.6 Å². The van der Waals surface area contributed by atoms with E-state index in [0.29, 0.717) is 27.8 Å². The van der Waals surface area contributed by atoms with Crippen LogP contribution >= 0.6 is 11.8 Å². The van der Waals surface area contributed by atoms with Gasteiger partial charge in [0.25, 0.3) is 11.5 Å². The molecule has 4 rings (SSSR count). The fourth-order valence-corrected chi connectivity index (χ4v) is 3.80. The van der Waals surface area contributed by atoms with Gasteiger partial charge in [0.15, 0.2) is 0 Å². The Bertz CT molecular complexity index is 1310. The number of hydrogen-bond acceptors (Lipinski definition) is 7. The van der Waals surface area contributed by atoms with E-state index in [0.717, 1.165) is 5.03 Å². The van der Waals surface area contributed by atoms with Crippen LogP contribution in [0.4, 0.5) is 5.69 Å². The lowest BCUT2D eigenvalue weighted by Crippen LogP contribution is -2.29. The highest BCUT2D eigenvalue weighted by Gasteiger charge is 2.19. The van der Waals surface area contributed by atoms with Gasteiger partial charge in [0.2, 0.25) is 5.88 Å². The number of carbonyl (C=O) groups excluding carboxylic acids is 1. The molecule has 4 heterocycles. The number of pyridine rings is 4. The normalized spacial score (nSPS) is 10.6. The topological polar surface area (TPSA) is 99.0 Å². The van der Waals surface area contributed by atoms with E-state index >= 15 is 0 Å². The number of anilines is 1. The lowest BCUT2D eigenvalue weighted by molar-refractivity contribution is 0.102. The van der Waals surface area contributed by atoms with Crippen LogP contribution in [0.1, 0.15) is 15.9 Å². The van der Waals surface area contributed by atoms with Crippen molar-refractivity contribution in [2.75, 3.05) is 12.4 Å². The molecule has 0 radical (unpaired) electrons. The molecule has 0 saturated heterocycles. The van der Waals surface area contributed by atoms with Crippen molar-refractivity contribution >= 4 is 23.4 Å². The Morgan fingerprint density at radius 2 is 1.88 bits per heavy atom. The standard InChI is InChI=1S/C23H19N5O3S/c1-15-10-13-28(16-8-9-18(31-2)26-14-16)23(30)20(15)21(29)27-17-6-5-12-25-22(17)32-19-7-3-4-11-24-19/h3-14H,1-2H3,(H,27,29). The number of nitrogens with zero attached hydrogens (tertiary/aromatic N) is 4. The van der Waals surface area contributed by atoms with Gasteiger partial charge in [-0.05, 0) is 60.6 Å². The summed E-state index contributed by atoms with van der Waals surface area (Å²) in [5.74, 6) is -0.0828. The van der Waals surface area contributed by atoms with E-state index in [9.17, 15) is 9.59 Å². The van der Waals surface area contributed by atoms with E-state index in [-0.39, 0.29) is 5.56 Å². The highest BCUT2D eigenvalue weighted by Crippen LogP contribution is 2.30. The van der Waals surface area contributed by atoms with Crippen LogP contribution in [-0.4, -0.2) is 32.5 Å². The summed E-state index contributed by atoms with van der Waals surface area (Å²) in [6.45, 7) is 1.72. The second-order valence-corrected chi connectivity index (χ2v) is 7.70. The number of methoxy groups -OCH3 is 1. The van der Waals surface area contributed by atoms with Crippen molar-refractivity contribution < 1.29 is 9.53 Å². The van der Waals surface area contributed by atoms with Gasteiger partial charge in [-0.2, -0.15) is 0 Å². The molecule has 0 saturated carbocycles. The minimum Gasteiger partial charge on any atom is -0.481 e. The predicted octanol–water partition coefficient (Wildman–Crippen LogP) is 3.74. The highest BCUT2D eigenvalue weighted by molar-refractivity contribution is 7.99. The quantitative estimate of drug-likeness (QED) is 0.483. The first-order valence-electron chi connectivity index (χ1n) is 9.65. The molecule has 4 aromatic rings. The summed E-state index contributed by atoms with van der Waals surface area (Å²) in [7, 11) is 1.52. The van der Waals surface area contributed by atoms with Crippen LogP contribution < -0.4 is 15.6 Å². The van der Waals surface area contributed by atoms with E-state index < -0.39 is 11.5 Å². The third kappa shape index (κ3) is 4.52. The van der Waals surface area contributed by atoms with E-state index in [4.69, 9.17) is 4.74 Å². The first-order chi connectivity index (χ1) is 15.6. The van der Waals surface area contributed by atoms with Crippen LogP contribution in [0.3, 0.4) is 0 Å². The number of ether oxygens (including phenoxy) is 1. The van der Waals surface area contributed by atoms with Gasteiger partial charge >= 0.3 is 0 Å². The predicted molar refractivity (Wildman–Crippen MR) is 122 cm³/mol. The summed E-state index contributed by atoms with van der Waals surface area (Å²) in [5.41, 5.74) is 1.18. The molecule has 9 heteroatoms. The molecule has 0 aliphatic heterocycles. The van der Waals surface area contributed by atoms with Crippen molar-refractivity contribution in [3.63, 3.8) is 0 Å². The second kappa shape index (κ2) is 9.44. The molecule has 0 aliphatic rings. The van der Waals surface area contributed by atoms with E-state index in [1.807, 2.05) is 18.2 Å². The van der Waals surface area contributed by atoms with Gasteiger partial charge < -0.3 is 10.1 Å². The van der Waals surface area contributed by atoms with E-state index in [1.165, 1.54) is 29.6 Å². The average Bonchev–Trinajstić information content (AvgIpc) is 2.81. The number of amides is 1. The number of aromatic nitrogens is 4. The van der Waals surface area contributed by atoms with Crippen LogP contribution in [0.2, 0.25) is 0 Å². The summed E-state index contributed by atoms with van der Waals surface area (Å²) in [6, 6.07) is 14.1. The Balaban J connectivity index is 1.65. The van der Waals surface area contributed by atoms with Crippen molar-refractivity contribution in [1.82, 2.24) is 19.5 Å². The smallest absolute Gasteiger partial charge is 0.268 e. The molecule has 1 N–H and O–H groups in total. The van der Waals surface area contributed by atoms with Gasteiger partial charge in [-0.1, -0.05) is 6.07 Å². The summed E-state index contributed by atoms with van der Waals surface area (Å²) < 4.78 is 6.44. The molecule has 0 aliphatic carbocycles. The first-order valence-corrected chi connectivity index (χ1v) is 10.5. The molecule has 160 valence electrons. The molecule has 1 amide bonds. The average molecular weight is 446 g/mol. The molecular weight excluding hydrogens is 426 g/mol. The third-order valence-corrected chi connectivity index (χ3v) is 5.56. The van der Waals surface area contributed by atoms with Crippen LogP contribution in [0, 0.1) is 6.92 Å². The van der Waals surface area contributed by atoms with Crippen molar-refractivity contribution in [2.24, 2.45) is 0 Å². The summed E-state index contributed by atoms with van der Waals surface area (Å²) in [6.07, 6.45) is 6.45. The molecule has 0 atom stereocenters. The van der Waals surface area contributed by atoms with Crippen molar-refractivity contribution in [2.45, 2.75) is 17.0 Å². The molecule has 32 heavy (non-hydrogen) atoms. The molecule has 0 spiro atoms. The lowest BCUT2D eigenvalue weighted by Gasteiger charge is -2.13. The zero-order valence-electron chi connectivity index (χ0n) is 17.4. The van der Waals surface area contributed by atoms with E-state index in [1.54, 1.807) is 55.8 Å². The first kappa shape index (κ1) is 21.3. The SMILES string of the molecule is COc1ccc(-n2ccc(C)c(C(=O)Nc3cccnc3Sc3ccccn3)c2=O)cn1. The highest BCUT2D eigenvalue weighted by atomic mass is 32.2. The van der Waals surface area contributed by atoms with Crippen molar-refractivity contribution in [1.29, 1.82) is 0 Å². The number of carbonyl (C=O) groups is 1. The maximum absolute atomic E-state index is 13.2.